The first kappa shape index (κ1) is 18.3. The molecule has 27 heavy (non-hydrogen) atoms. The summed E-state index contributed by atoms with van der Waals surface area (Å²) in [4.78, 5) is 31.3. The van der Waals surface area contributed by atoms with Crippen molar-refractivity contribution in [3.8, 4) is 0 Å². The maximum Gasteiger partial charge on any atom is 0.251 e. The van der Waals surface area contributed by atoms with Crippen LogP contribution >= 0.6 is 15.9 Å². The Balaban J connectivity index is 1.39. The van der Waals surface area contributed by atoms with Crippen LogP contribution in [0, 0.1) is 0 Å². The number of rotatable bonds is 4. The first-order chi connectivity index (χ1) is 13.1. The Hall–Kier alpha value is -2.02. The van der Waals surface area contributed by atoms with Crippen molar-refractivity contribution < 1.29 is 9.59 Å². The van der Waals surface area contributed by atoms with E-state index in [0.717, 1.165) is 37.2 Å². The summed E-state index contributed by atoms with van der Waals surface area (Å²) in [7, 11) is 0. The van der Waals surface area contributed by atoms with Gasteiger partial charge in [-0.05, 0) is 23.8 Å². The quantitative estimate of drug-likeness (QED) is 0.703. The van der Waals surface area contributed by atoms with Crippen molar-refractivity contribution in [2.24, 2.45) is 0 Å². The molecule has 0 radical (unpaired) electrons. The molecule has 2 aromatic rings. The molecule has 2 heterocycles. The van der Waals surface area contributed by atoms with E-state index in [1.165, 1.54) is 10.5 Å². The third kappa shape index (κ3) is 3.98. The summed E-state index contributed by atoms with van der Waals surface area (Å²) in [6.45, 7) is 4.36. The number of carbonyl (C=O) groups excluding carboxylic acids is 2. The molecule has 2 saturated heterocycles. The molecule has 2 aromatic carbocycles. The molecular formula is C21H22BrN3O2. The number of benzene rings is 2. The highest BCUT2D eigenvalue weighted by atomic mass is 79.9. The third-order valence-corrected chi connectivity index (χ3v) is 5.78. The van der Waals surface area contributed by atoms with E-state index in [-0.39, 0.29) is 24.3 Å². The zero-order valence-electron chi connectivity index (χ0n) is 15.1. The zero-order valence-corrected chi connectivity index (χ0v) is 16.6. The fourth-order valence-electron chi connectivity index (χ4n) is 3.86. The molecule has 2 fully saturated rings. The summed E-state index contributed by atoms with van der Waals surface area (Å²) >= 11 is 3.41. The normalized spacial score (nSPS) is 21.8. The number of nitrogens with zero attached hydrogens (tertiary/aromatic N) is 3. The molecule has 0 unspecified atom stereocenters. The van der Waals surface area contributed by atoms with Crippen molar-refractivity contribution in [1.82, 2.24) is 9.80 Å². The summed E-state index contributed by atoms with van der Waals surface area (Å²) in [6, 6.07) is 17.4. The average molecular weight is 428 g/mol. The molecular weight excluding hydrogens is 406 g/mol. The van der Waals surface area contributed by atoms with Crippen molar-refractivity contribution in [3.63, 3.8) is 0 Å². The standard InChI is InChI=1S/C21H22BrN3O2/c22-17-7-4-8-18(13-17)25-20(26)14-19(21(25)27)24-11-9-23(10-12-24)15-16-5-2-1-3-6-16/h1-8,13,19H,9-12,14-15H2/t19-/m1/s1. The molecule has 2 aliphatic heterocycles. The Kier molecular flexibility index (Phi) is 5.38. The number of imide groups is 1. The first-order valence-corrected chi connectivity index (χ1v) is 10.0. The average Bonchev–Trinajstić information content (AvgIpc) is 2.97. The molecule has 5 nitrogen and oxygen atoms in total. The van der Waals surface area contributed by atoms with Crippen molar-refractivity contribution in [3.05, 3.63) is 64.6 Å². The summed E-state index contributed by atoms with van der Waals surface area (Å²) in [5, 5.41) is 0. The Morgan fingerprint density at radius 2 is 1.67 bits per heavy atom. The van der Waals surface area contributed by atoms with Crippen LogP contribution in [0.4, 0.5) is 5.69 Å². The fraction of sp³-hybridized carbons (Fsp3) is 0.333. The molecule has 0 bridgehead atoms. The van der Waals surface area contributed by atoms with Gasteiger partial charge in [-0.3, -0.25) is 19.4 Å². The highest BCUT2D eigenvalue weighted by Gasteiger charge is 2.43. The van der Waals surface area contributed by atoms with E-state index in [0.29, 0.717) is 5.69 Å². The van der Waals surface area contributed by atoms with Crippen LogP contribution in [0.2, 0.25) is 0 Å². The molecule has 140 valence electrons. The largest absolute Gasteiger partial charge is 0.297 e. The maximum absolute atomic E-state index is 12.9. The predicted molar refractivity (Wildman–Crippen MR) is 108 cm³/mol. The van der Waals surface area contributed by atoms with E-state index < -0.39 is 0 Å². The highest BCUT2D eigenvalue weighted by Crippen LogP contribution is 2.28. The van der Waals surface area contributed by atoms with E-state index in [2.05, 4.69) is 50.0 Å². The van der Waals surface area contributed by atoms with Gasteiger partial charge in [0, 0.05) is 37.2 Å². The molecule has 1 atom stereocenters. The van der Waals surface area contributed by atoms with Crippen molar-refractivity contribution in [2.75, 3.05) is 31.1 Å². The minimum Gasteiger partial charge on any atom is -0.297 e. The lowest BCUT2D eigenvalue weighted by atomic mass is 10.1. The van der Waals surface area contributed by atoms with Crippen LogP contribution in [0.25, 0.3) is 0 Å². The molecule has 0 aromatic heterocycles. The van der Waals surface area contributed by atoms with Gasteiger partial charge in [-0.1, -0.05) is 52.3 Å². The van der Waals surface area contributed by atoms with Crippen molar-refractivity contribution >= 4 is 33.4 Å². The Labute approximate surface area is 167 Å². The SMILES string of the molecule is O=C1C[C@@H](N2CCN(Cc3ccccc3)CC2)C(=O)N1c1cccc(Br)c1. The van der Waals surface area contributed by atoms with Crippen LogP contribution in [-0.4, -0.2) is 53.8 Å². The number of carbonyl (C=O) groups is 2. The molecule has 0 N–H and O–H groups in total. The van der Waals surface area contributed by atoms with Crippen LogP contribution in [0.1, 0.15) is 12.0 Å². The van der Waals surface area contributed by atoms with Crippen molar-refractivity contribution in [1.29, 1.82) is 0 Å². The lowest BCUT2D eigenvalue weighted by Crippen LogP contribution is -2.52. The van der Waals surface area contributed by atoms with Crippen LogP contribution < -0.4 is 4.90 Å². The second kappa shape index (κ2) is 7.92. The van der Waals surface area contributed by atoms with E-state index in [1.54, 1.807) is 6.07 Å². The van der Waals surface area contributed by atoms with Gasteiger partial charge in [-0.2, -0.15) is 0 Å². The number of hydrogen-bond acceptors (Lipinski definition) is 4. The Morgan fingerprint density at radius 3 is 2.37 bits per heavy atom. The smallest absolute Gasteiger partial charge is 0.251 e. The summed E-state index contributed by atoms with van der Waals surface area (Å²) < 4.78 is 0.860. The topological polar surface area (TPSA) is 43.9 Å². The van der Waals surface area contributed by atoms with Gasteiger partial charge in [0.25, 0.3) is 5.91 Å². The lowest BCUT2D eigenvalue weighted by molar-refractivity contribution is -0.123. The van der Waals surface area contributed by atoms with Gasteiger partial charge < -0.3 is 0 Å². The molecule has 6 heteroatoms. The van der Waals surface area contributed by atoms with E-state index in [1.807, 2.05) is 24.3 Å². The second-order valence-corrected chi connectivity index (χ2v) is 7.98. The van der Waals surface area contributed by atoms with Gasteiger partial charge in [0.2, 0.25) is 5.91 Å². The molecule has 0 saturated carbocycles. The molecule has 2 aliphatic rings. The number of anilines is 1. The zero-order chi connectivity index (χ0) is 18.8. The first-order valence-electron chi connectivity index (χ1n) is 9.24. The lowest BCUT2D eigenvalue weighted by Gasteiger charge is -2.37. The van der Waals surface area contributed by atoms with Gasteiger partial charge >= 0.3 is 0 Å². The van der Waals surface area contributed by atoms with Crippen LogP contribution in [0.5, 0.6) is 0 Å². The molecule has 0 spiro atoms. The third-order valence-electron chi connectivity index (χ3n) is 5.29. The maximum atomic E-state index is 12.9. The van der Waals surface area contributed by atoms with E-state index in [4.69, 9.17) is 0 Å². The van der Waals surface area contributed by atoms with E-state index in [9.17, 15) is 9.59 Å². The minimum atomic E-state index is -0.338. The summed E-state index contributed by atoms with van der Waals surface area (Å²) in [6.07, 6.45) is 0.268. The van der Waals surface area contributed by atoms with Crippen LogP contribution in [0.15, 0.2) is 59.1 Å². The fourth-order valence-corrected chi connectivity index (χ4v) is 4.25. The molecule has 0 aliphatic carbocycles. The predicted octanol–water partition coefficient (Wildman–Crippen LogP) is 2.90. The van der Waals surface area contributed by atoms with Gasteiger partial charge in [0.1, 0.15) is 0 Å². The number of amides is 2. The van der Waals surface area contributed by atoms with Gasteiger partial charge in [0.15, 0.2) is 0 Å². The Morgan fingerprint density at radius 1 is 0.926 bits per heavy atom. The van der Waals surface area contributed by atoms with Crippen molar-refractivity contribution in [2.45, 2.75) is 19.0 Å². The number of piperazine rings is 1. The molecule has 4 rings (SSSR count). The monoisotopic (exact) mass is 427 g/mol. The van der Waals surface area contributed by atoms with Gasteiger partial charge in [-0.15, -0.1) is 0 Å². The van der Waals surface area contributed by atoms with Gasteiger partial charge in [-0.25, -0.2) is 4.90 Å². The minimum absolute atomic E-state index is 0.102. The number of hydrogen-bond donors (Lipinski definition) is 0. The van der Waals surface area contributed by atoms with E-state index >= 15 is 0 Å². The second-order valence-electron chi connectivity index (χ2n) is 7.06. The van der Waals surface area contributed by atoms with Crippen LogP contribution in [-0.2, 0) is 16.1 Å². The van der Waals surface area contributed by atoms with Gasteiger partial charge in [0.05, 0.1) is 18.2 Å². The van der Waals surface area contributed by atoms with Crippen LogP contribution in [0.3, 0.4) is 0 Å². The summed E-state index contributed by atoms with van der Waals surface area (Å²) in [5.74, 6) is -0.218. The number of halogens is 1. The summed E-state index contributed by atoms with van der Waals surface area (Å²) in [5.41, 5.74) is 1.95. The molecule has 2 amide bonds. The highest BCUT2D eigenvalue weighted by molar-refractivity contribution is 9.10. The Bertz CT molecular complexity index is 834.